The van der Waals surface area contributed by atoms with E-state index in [9.17, 15) is 18.4 Å². The number of halogens is 2. The topological polar surface area (TPSA) is 74.0 Å². The highest BCUT2D eigenvalue weighted by Crippen LogP contribution is 2.29. The summed E-state index contributed by atoms with van der Waals surface area (Å²) in [5.41, 5.74) is 1.77. The molecule has 0 spiro atoms. The van der Waals surface area contributed by atoms with Gasteiger partial charge in [-0.2, -0.15) is 0 Å². The summed E-state index contributed by atoms with van der Waals surface area (Å²) >= 11 is 1.44. The summed E-state index contributed by atoms with van der Waals surface area (Å²) < 4.78 is 26.8. The van der Waals surface area contributed by atoms with Gasteiger partial charge in [0, 0.05) is 29.4 Å². The van der Waals surface area contributed by atoms with E-state index in [1.807, 2.05) is 13.8 Å². The van der Waals surface area contributed by atoms with Gasteiger partial charge in [-0.15, -0.1) is 11.8 Å². The number of carbonyl (C=O) groups excluding carboxylic acids is 2. The number of H-pyrrole nitrogens is 1. The smallest absolute Gasteiger partial charge is 0.243 e. The number of thioether (sulfide) groups is 1. The fourth-order valence-electron chi connectivity index (χ4n) is 3.03. The first kappa shape index (κ1) is 18.7. The number of nitrogens with one attached hydrogen (secondary N) is 3. The Morgan fingerprint density at radius 3 is 2.81 bits per heavy atom. The average molecular weight is 381 g/mol. The second kappa shape index (κ2) is 6.90. The molecule has 5 nitrogen and oxygen atoms in total. The lowest BCUT2D eigenvalue weighted by atomic mass is 10.1. The molecule has 2 heterocycles. The summed E-state index contributed by atoms with van der Waals surface area (Å²) in [6, 6.07) is 1.56. The Hall–Kier alpha value is -2.09. The second-order valence-electron chi connectivity index (χ2n) is 6.93. The number of hydrogen-bond acceptors (Lipinski definition) is 3. The molecule has 2 aromatic rings. The predicted octanol–water partition coefficient (Wildman–Crippen LogP) is 2.42. The molecule has 8 heteroatoms. The maximum Gasteiger partial charge on any atom is 0.243 e. The van der Waals surface area contributed by atoms with E-state index < -0.39 is 22.4 Å². The van der Waals surface area contributed by atoms with Crippen molar-refractivity contribution < 1.29 is 18.4 Å². The molecule has 0 bridgehead atoms. The summed E-state index contributed by atoms with van der Waals surface area (Å²) in [6.07, 6.45) is 0.430. The van der Waals surface area contributed by atoms with Gasteiger partial charge in [-0.05, 0) is 38.8 Å². The number of aromatic amines is 1. The van der Waals surface area contributed by atoms with Crippen LogP contribution in [-0.2, 0) is 16.0 Å². The number of aromatic nitrogens is 1. The van der Waals surface area contributed by atoms with E-state index in [2.05, 4.69) is 15.6 Å². The summed E-state index contributed by atoms with van der Waals surface area (Å²) in [7, 11) is 0. The van der Waals surface area contributed by atoms with Crippen LogP contribution >= 0.6 is 11.8 Å². The molecule has 1 fully saturated rings. The van der Waals surface area contributed by atoms with Crippen molar-refractivity contribution in [3.63, 3.8) is 0 Å². The largest absolute Gasteiger partial charge is 0.356 e. The van der Waals surface area contributed by atoms with E-state index in [0.29, 0.717) is 24.1 Å². The van der Waals surface area contributed by atoms with E-state index in [1.165, 1.54) is 17.8 Å². The first-order valence-electron chi connectivity index (χ1n) is 8.38. The number of carbonyl (C=O) groups is 2. The maximum atomic E-state index is 13.8. The fraction of sp³-hybridized carbons (Fsp3) is 0.444. The van der Waals surface area contributed by atoms with E-state index in [1.54, 1.807) is 6.92 Å². The molecule has 0 radical (unpaired) electrons. The molecule has 1 aromatic carbocycles. The molecule has 1 aliphatic rings. The molecule has 1 atom stereocenters. The zero-order valence-corrected chi connectivity index (χ0v) is 15.7. The number of benzene rings is 1. The summed E-state index contributed by atoms with van der Waals surface area (Å²) in [6.45, 7) is 5.73. The first-order chi connectivity index (χ1) is 12.2. The monoisotopic (exact) mass is 381 g/mol. The predicted molar refractivity (Wildman–Crippen MR) is 98.1 cm³/mol. The van der Waals surface area contributed by atoms with Crippen LogP contribution in [0.2, 0.25) is 0 Å². The van der Waals surface area contributed by atoms with E-state index >= 15 is 0 Å². The van der Waals surface area contributed by atoms with Crippen LogP contribution in [0.4, 0.5) is 8.78 Å². The third kappa shape index (κ3) is 3.56. The van der Waals surface area contributed by atoms with Crippen LogP contribution in [0.1, 0.15) is 25.1 Å². The molecule has 0 saturated carbocycles. The molecule has 0 unspecified atom stereocenters. The van der Waals surface area contributed by atoms with Crippen LogP contribution in [0.25, 0.3) is 10.9 Å². The molecule has 1 saturated heterocycles. The number of hydrogen-bond donors (Lipinski definition) is 3. The Labute approximate surface area is 154 Å². The lowest BCUT2D eigenvalue weighted by Crippen LogP contribution is -2.57. The summed E-state index contributed by atoms with van der Waals surface area (Å²) in [5.74, 6) is -1.18. The van der Waals surface area contributed by atoms with Gasteiger partial charge in [-0.1, -0.05) is 0 Å². The van der Waals surface area contributed by atoms with Crippen LogP contribution in [-0.4, -0.2) is 39.9 Å². The molecule has 0 aliphatic carbocycles. The molecule has 26 heavy (non-hydrogen) atoms. The van der Waals surface area contributed by atoms with E-state index in [-0.39, 0.29) is 17.3 Å². The van der Waals surface area contributed by atoms with Crippen molar-refractivity contribution in [2.24, 2.45) is 0 Å². The number of aryl methyl sites for hydroxylation is 1. The van der Waals surface area contributed by atoms with Crippen molar-refractivity contribution >= 4 is 34.5 Å². The van der Waals surface area contributed by atoms with Gasteiger partial charge in [0.05, 0.1) is 10.3 Å². The Morgan fingerprint density at radius 2 is 2.12 bits per heavy atom. The van der Waals surface area contributed by atoms with Crippen LogP contribution in [0, 0.1) is 18.6 Å². The van der Waals surface area contributed by atoms with Gasteiger partial charge in [-0.25, -0.2) is 8.78 Å². The van der Waals surface area contributed by atoms with Gasteiger partial charge in [-0.3, -0.25) is 9.59 Å². The number of fused-ring (bicyclic) bond motifs is 1. The van der Waals surface area contributed by atoms with Crippen molar-refractivity contribution in [3.05, 3.63) is 35.0 Å². The molecular weight excluding hydrogens is 360 g/mol. The molecule has 2 amide bonds. The summed E-state index contributed by atoms with van der Waals surface area (Å²) in [5, 5.41) is 6.00. The van der Waals surface area contributed by atoms with E-state index in [4.69, 9.17) is 0 Å². The van der Waals surface area contributed by atoms with Crippen molar-refractivity contribution in [2.45, 2.75) is 38.0 Å². The highest BCUT2D eigenvalue weighted by molar-refractivity contribution is 8.01. The molecular formula is C18H21F2N3O2S. The Bertz CT molecular complexity index is 879. The Balaban J connectivity index is 1.64. The van der Waals surface area contributed by atoms with Gasteiger partial charge < -0.3 is 15.6 Å². The second-order valence-corrected chi connectivity index (χ2v) is 8.57. The third-order valence-electron chi connectivity index (χ3n) is 4.60. The van der Waals surface area contributed by atoms with Crippen molar-refractivity contribution in [1.82, 2.24) is 15.6 Å². The average Bonchev–Trinajstić information content (AvgIpc) is 2.86. The minimum Gasteiger partial charge on any atom is -0.356 e. The highest BCUT2D eigenvalue weighted by atomic mass is 32.2. The fourth-order valence-corrected chi connectivity index (χ4v) is 4.04. The van der Waals surface area contributed by atoms with Crippen LogP contribution in [0.15, 0.2) is 12.1 Å². The van der Waals surface area contributed by atoms with Crippen molar-refractivity contribution in [2.75, 3.05) is 12.3 Å². The van der Waals surface area contributed by atoms with E-state index in [0.717, 1.165) is 17.3 Å². The first-order valence-corrected chi connectivity index (χ1v) is 9.36. The third-order valence-corrected chi connectivity index (χ3v) is 6.01. The lowest BCUT2D eigenvalue weighted by Gasteiger charge is -2.32. The van der Waals surface area contributed by atoms with Gasteiger partial charge in [0.15, 0.2) is 0 Å². The minimum atomic E-state index is -0.636. The van der Waals surface area contributed by atoms with Crippen LogP contribution < -0.4 is 10.6 Å². The van der Waals surface area contributed by atoms with Gasteiger partial charge >= 0.3 is 0 Å². The quantitative estimate of drug-likeness (QED) is 0.762. The van der Waals surface area contributed by atoms with Gasteiger partial charge in [0.2, 0.25) is 11.8 Å². The molecule has 3 rings (SSSR count). The lowest BCUT2D eigenvalue weighted by molar-refractivity contribution is -0.129. The SMILES string of the molecule is Cc1[nH]c2c(F)cc(F)cc2c1CCNC(=O)[C@H]1CSC(C)(C)C(=O)N1. The molecule has 1 aromatic heterocycles. The normalized spacial score (nSPS) is 19.4. The molecule has 1 aliphatic heterocycles. The standard InChI is InChI=1S/C18H21F2N3O2S/c1-9-11(12-6-10(19)7-13(20)15(12)22-9)4-5-21-16(24)14-8-26-18(2,3)17(25)23-14/h6-7,14,22H,4-5,8H2,1-3H3,(H,21,24)(H,23,25)/t14-/m1/s1. The van der Waals surface area contributed by atoms with Crippen LogP contribution in [0.5, 0.6) is 0 Å². The minimum absolute atomic E-state index is 0.160. The molecule has 140 valence electrons. The number of rotatable bonds is 4. The maximum absolute atomic E-state index is 13.8. The summed E-state index contributed by atoms with van der Waals surface area (Å²) in [4.78, 5) is 27.2. The highest BCUT2D eigenvalue weighted by Gasteiger charge is 2.37. The zero-order chi connectivity index (χ0) is 19.1. The number of amides is 2. The zero-order valence-electron chi connectivity index (χ0n) is 14.8. The van der Waals surface area contributed by atoms with Crippen molar-refractivity contribution in [3.8, 4) is 0 Å². The Kier molecular flexibility index (Phi) is 4.96. The van der Waals surface area contributed by atoms with Crippen molar-refractivity contribution in [1.29, 1.82) is 0 Å². The van der Waals surface area contributed by atoms with Gasteiger partial charge in [0.25, 0.3) is 0 Å². The molecule has 3 N–H and O–H groups in total. The Morgan fingerprint density at radius 1 is 1.38 bits per heavy atom. The van der Waals surface area contributed by atoms with Crippen LogP contribution in [0.3, 0.4) is 0 Å². The van der Waals surface area contributed by atoms with Gasteiger partial charge in [0.1, 0.15) is 17.7 Å².